The van der Waals surface area contributed by atoms with E-state index < -0.39 is 10.5 Å². The second-order valence-corrected chi connectivity index (χ2v) is 4.11. The van der Waals surface area contributed by atoms with Crippen molar-refractivity contribution in [1.29, 1.82) is 0 Å². The minimum absolute atomic E-state index is 0.0943. The Morgan fingerprint density at radius 2 is 2.21 bits per heavy atom. The average molecular weight is 280 g/mol. The number of thioether (sulfide) groups is 1. The molecule has 1 N–H and O–H groups in total. The quantitative estimate of drug-likeness (QED) is 0.513. The first kappa shape index (κ1) is 13.0. The molecule has 2 aromatic rings. The van der Waals surface area contributed by atoms with Gasteiger partial charge in [-0.2, -0.15) is 0 Å². The van der Waals surface area contributed by atoms with E-state index in [0.29, 0.717) is 5.16 Å². The Morgan fingerprint density at radius 1 is 1.42 bits per heavy atom. The molecule has 0 aliphatic heterocycles. The van der Waals surface area contributed by atoms with Gasteiger partial charge in [-0.3, -0.25) is 19.9 Å². The Morgan fingerprint density at radius 3 is 2.79 bits per heavy atom. The highest BCUT2D eigenvalue weighted by Crippen LogP contribution is 2.17. The van der Waals surface area contributed by atoms with E-state index in [2.05, 4.69) is 15.2 Å². The number of aromatic amines is 1. The molecule has 0 spiro atoms. The molecule has 0 atom stereocenters. The van der Waals surface area contributed by atoms with E-state index in [1.165, 1.54) is 36.0 Å². The van der Waals surface area contributed by atoms with Gasteiger partial charge in [0.15, 0.2) is 10.9 Å². The number of hydrogen-bond acceptors (Lipinski definition) is 7. The first-order valence-corrected chi connectivity index (χ1v) is 6.26. The van der Waals surface area contributed by atoms with Crippen molar-refractivity contribution in [2.45, 2.75) is 5.16 Å². The third kappa shape index (κ3) is 3.07. The summed E-state index contributed by atoms with van der Waals surface area (Å²) in [4.78, 5) is 23.9. The van der Waals surface area contributed by atoms with Crippen molar-refractivity contribution >= 4 is 29.8 Å². The predicted octanol–water partition coefficient (Wildman–Crippen LogP) is 1.56. The fourth-order valence-corrected chi connectivity index (χ4v) is 1.54. The zero-order valence-corrected chi connectivity index (χ0v) is 10.5. The van der Waals surface area contributed by atoms with Crippen molar-refractivity contribution < 1.29 is 9.34 Å². The zero-order valence-electron chi connectivity index (χ0n) is 9.69. The normalized spacial score (nSPS) is 11.0. The Hall–Kier alpha value is -2.42. The average Bonchev–Trinajstić information content (AvgIpc) is 2.86. The molecular weight excluding hydrogens is 272 g/mol. The van der Waals surface area contributed by atoms with Crippen molar-refractivity contribution in [3.8, 4) is 0 Å². The first-order chi connectivity index (χ1) is 9.10. The molecular formula is C10H8N4O4S. The van der Waals surface area contributed by atoms with E-state index >= 15 is 0 Å². The van der Waals surface area contributed by atoms with Gasteiger partial charge < -0.3 is 4.42 Å². The minimum Gasteiger partial charge on any atom is -0.401 e. The van der Waals surface area contributed by atoms with Crippen LogP contribution in [0.1, 0.15) is 11.5 Å². The number of nitrogens with zero attached hydrogens (tertiary/aromatic N) is 3. The molecule has 0 aromatic carbocycles. The maximum absolute atomic E-state index is 11.6. The van der Waals surface area contributed by atoms with Crippen LogP contribution in [0.4, 0.5) is 5.88 Å². The van der Waals surface area contributed by atoms with E-state index in [9.17, 15) is 14.9 Å². The number of aromatic nitrogens is 3. The van der Waals surface area contributed by atoms with E-state index in [-0.39, 0.29) is 17.3 Å². The van der Waals surface area contributed by atoms with Gasteiger partial charge in [-0.15, -0.1) is 10.2 Å². The van der Waals surface area contributed by atoms with Crippen LogP contribution >= 0.6 is 11.8 Å². The fraction of sp³-hybridized carbons (Fsp3) is 0.100. The fourth-order valence-electron chi connectivity index (χ4n) is 1.22. The number of rotatable bonds is 4. The molecule has 0 aliphatic carbocycles. The largest absolute Gasteiger partial charge is 0.433 e. The lowest BCUT2D eigenvalue weighted by Gasteiger charge is -1.94. The molecule has 2 rings (SSSR count). The molecule has 2 heterocycles. The maximum Gasteiger partial charge on any atom is 0.433 e. The summed E-state index contributed by atoms with van der Waals surface area (Å²) in [6, 6.07) is 2.65. The Balaban J connectivity index is 2.22. The molecule has 0 saturated heterocycles. The summed E-state index contributed by atoms with van der Waals surface area (Å²) >= 11 is 1.27. The maximum atomic E-state index is 11.6. The summed E-state index contributed by atoms with van der Waals surface area (Å²) in [6.07, 6.45) is 4.54. The highest BCUT2D eigenvalue weighted by molar-refractivity contribution is 7.98. The van der Waals surface area contributed by atoms with Crippen molar-refractivity contribution in [3.05, 3.63) is 44.1 Å². The summed E-state index contributed by atoms with van der Waals surface area (Å²) in [6.45, 7) is 0. The topological polar surface area (TPSA) is 115 Å². The Kier molecular flexibility index (Phi) is 3.76. The first-order valence-electron chi connectivity index (χ1n) is 5.03. The van der Waals surface area contributed by atoms with Crippen LogP contribution in [-0.2, 0) is 0 Å². The summed E-state index contributed by atoms with van der Waals surface area (Å²) in [5, 5.41) is 18.3. The zero-order chi connectivity index (χ0) is 13.8. The summed E-state index contributed by atoms with van der Waals surface area (Å²) in [5.74, 6) is -0.112. The molecule has 2 aromatic heterocycles. The molecule has 0 saturated carbocycles. The molecule has 0 radical (unpaired) electrons. The highest BCUT2D eigenvalue weighted by atomic mass is 32.2. The number of hydrogen-bond donors (Lipinski definition) is 1. The van der Waals surface area contributed by atoms with Gasteiger partial charge in [-0.05, 0) is 24.5 Å². The molecule has 98 valence electrons. The van der Waals surface area contributed by atoms with Gasteiger partial charge >= 0.3 is 5.88 Å². The van der Waals surface area contributed by atoms with Gasteiger partial charge in [-0.1, -0.05) is 11.8 Å². The van der Waals surface area contributed by atoms with Crippen LogP contribution in [0, 0.1) is 10.1 Å². The predicted molar refractivity (Wildman–Crippen MR) is 68.7 cm³/mol. The lowest BCUT2D eigenvalue weighted by Crippen LogP contribution is -2.14. The summed E-state index contributed by atoms with van der Waals surface area (Å²) in [7, 11) is 0. The lowest BCUT2D eigenvalue weighted by molar-refractivity contribution is -0.402. The van der Waals surface area contributed by atoms with Crippen LogP contribution < -0.4 is 5.56 Å². The van der Waals surface area contributed by atoms with Crippen LogP contribution in [0.15, 0.2) is 26.5 Å². The van der Waals surface area contributed by atoms with E-state index in [4.69, 9.17) is 4.42 Å². The minimum atomic E-state index is -0.642. The van der Waals surface area contributed by atoms with Crippen molar-refractivity contribution in [2.75, 3.05) is 6.26 Å². The van der Waals surface area contributed by atoms with Crippen LogP contribution in [-0.4, -0.2) is 26.4 Å². The Bertz CT molecular complexity index is 691. The number of H-pyrrole nitrogens is 1. The van der Waals surface area contributed by atoms with Crippen LogP contribution in [0.25, 0.3) is 12.2 Å². The summed E-state index contributed by atoms with van der Waals surface area (Å²) < 4.78 is 4.90. The van der Waals surface area contributed by atoms with E-state index in [1.54, 1.807) is 6.26 Å². The van der Waals surface area contributed by atoms with Gasteiger partial charge in [0.05, 0.1) is 6.07 Å². The van der Waals surface area contributed by atoms with Crippen LogP contribution in [0.5, 0.6) is 0 Å². The number of nitrogens with one attached hydrogen (secondary N) is 1. The standard InChI is InChI=1S/C10H8N4O4S/c1-19-10-11-9(15)7(12-13-10)4-2-6-3-5-8(18-6)14(16)17/h2-5H,1H3,(H,11,13,15)/b4-2+. The molecule has 8 nitrogen and oxygen atoms in total. The molecule has 0 amide bonds. The highest BCUT2D eigenvalue weighted by Gasteiger charge is 2.10. The van der Waals surface area contributed by atoms with Crippen molar-refractivity contribution in [1.82, 2.24) is 15.2 Å². The van der Waals surface area contributed by atoms with Gasteiger partial charge in [0, 0.05) is 0 Å². The third-order valence-corrected chi connectivity index (χ3v) is 2.66. The SMILES string of the molecule is CSc1nnc(/C=C/c2ccc([N+](=O)[O-])o2)c(=O)[nH]1. The molecule has 0 aliphatic rings. The van der Waals surface area contributed by atoms with Crippen LogP contribution in [0.2, 0.25) is 0 Å². The second kappa shape index (κ2) is 5.48. The lowest BCUT2D eigenvalue weighted by atomic mass is 10.3. The summed E-state index contributed by atoms with van der Waals surface area (Å²) in [5.41, 5.74) is -0.298. The Labute approximate surface area is 110 Å². The third-order valence-electron chi connectivity index (χ3n) is 2.09. The molecule has 0 unspecified atom stereocenters. The monoisotopic (exact) mass is 280 g/mol. The van der Waals surface area contributed by atoms with Crippen molar-refractivity contribution in [3.63, 3.8) is 0 Å². The van der Waals surface area contributed by atoms with E-state index in [0.717, 1.165) is 0 Å². The molecule has 9 heteroatoms. The molecule has 19 heavy (non-hydrogen) atoms. The van der Waals surface area contributed by atoms with Gasteiger partial charge in [-0.25, -0.2) is 0 Å². The van der Waals surface area contributed by atoms with Crippen molar-refractivity contribution in [2.24, 2.45) is 0 Å². The van der Waals surface area contributed by atoms with Gasteiger partial charge in [0.1, 0.15) is 10.7 Å². The second-order valence-electron chi connectivity index (χ2n) is 3.32. The molecule has 0 fully saturated rings. The van der Waals surface area contributed by atoms with Gasteiger partial charge in [0.2, 0.25) is 0 Å². The van der Waals surface area contributed by atoms with Crippen LogP contribution in [0.3, 0.4) is 0 Å². The number of furan rings is 1. The molecule has 0 bridgehead atoms. The van der Waals surface area contributed by atoms with E-state index in [1.807, 2.05) is 0 Å². The smallest absolute Gasteiger partial charge is 0.401 e. The van der Waals surface area contributed by atoms with Gasteiger partial charge in [0.25, 0.3) is 5.56 Å². The number of nitro groups is 1.